The highest BCUT2D eigenvalue weighted by atomic mass is 79.9. The summed E-state index contributed by atoms with van der Waals surface area (Å²) in [6.07, 6.45) is 8.56. The number of aromatic amines is 1. The Morgan fingerprint density at radius 3 is 2.35 bits per heavy atom. The van der Waals surface area contributed by atoms with E-state index in [2.05, 4.69) is 34.3 Å². The van der Waals surface area contributed by atoms with Gasteiger partial charge in [-0.15, -0.1) is 0 Å². The zero-order valence-corrected chi connectivity index (χ0v) is 51.4. The first-order valence-corrected chi connectivity index (χ1v) is 29.7. The lowest BCUT2D eigenvalue weighted by molar-refractivity contribution is -0.934. The normalized spacial score (nSPS) is 30.6. The molecule has 3 fully saturated rings. The van der Waals surface area contributed by atoms with E-state index in [0.29, 0.717) is 105 Å². The van der Waals surface area contributed by atoms with Crippen molar-refractivity contribution in [2.75, 3.05) is 72.5 Å². The molecular formula is C65H81BrN6O12. The van der Waals surface area contributed by atoms with E-state index >= 15 is 9.59 Å². The molecule has 11 rings (SSSR count). The van der Waals surface area contributed by atoms with Crippen LogP contribution in [0.2, 0.25) is 0 Å². The standard InChI is InChI=1S/C65H80N6O12.BrH/c1-10-39(4)53(56(75)82-38-42-20-14-13-15-21-42)67-55(74)49-24-18-28-70(49)52(73)37-71-34-41(11-2)30-43(35-71)33-64(60(76)80-8,54-45(36-71)44-22-16-17-23-48(44)66-54)47-31-46-50(32-51(47)79-7)68(6)58-63(46)26-29-69-27-19-25-62(12-3,57(63)69)59(83-40(5)72)65(58,78)61(77)81-9;/h13-17,19-23,25,30-32,39,43,49,53,57-59,66,78H,10-12,18,24,26-29,33-38H2,1-9H3;1H/t39-,43-,49-,53-,57-,58+,59+,62+,63+,64-,65-,71+;/m0./s1. The molecule has 12 atom stereocenters. The Bertz CT molecular complexity index is 3310. The van der Waals surface area contributed by atoms with Crippen molar-refractivity contribution in [1.29, 1.82) is 0 Å². The number of nitrogens with zero attached hydrogens (tertiary/aromatic N) is 4. The second-order valence-electron chi connectivity index (χ2n) is 24.7. The number of para-hydroxylation sites is 1. The number of carbonyl (C=O) groups excluding carboxylic acids is 6. The SMILES string of the molecule is CCC1=C[C@H]2C[C@](C(=O)OC)(c3cc4c(cc3OC)N(C)[C@H]3[C@@](O)(C(=O)OC)[C@H](OC(C)=O)[C@]5(CC)C=CCN6CC[C@]43[C@@H]65)c3[nH]c4ccccc4c3C[N@@+](CC(=O)N3CCC[C@H]3C(=O)N[C@H](C(=O)OCc3ccccc3)[C@@H](C)CC)(C1)C2.[Br-]. The van der Waals surface area contributed by atoms with Crippen molar-refractivity contribution in [2.45, 2.75) is 139 Å². The number of hydrogen-bond acceptors (Lipinski definition) is 14. The van der Waals surface area contributed by atoms with Crippen LogP contribution in [0.1, 0.15) is 108 Å². The van der Waals surface area contributed by atoms with Crippen LogP contribution in [0, 0.1) is 17.3 Å². The summed E-state index contributed by atoms with van der Waals surface area (Å²) in [5, 5.41) is 17.5. The number of nitrogens with one attached hydrogen (secondary N) is 2. The number of amides is 2. The van der Waals surface area contributed by atoms with Crippen LogP contribution in [0.4, 0.5) is 5.69 Å². The van der Waals surface area contributed by atoms with Crippen molar-refractivity contribution in [3.63, 3.8) is 0 Å². The Kier molecular flexibility index (Phi) is 16.6. The number of H-pyrrole nitrogens is 1. The summed E-state index contributed by atoms with van der Waals surface area (Å²) < 4.78 is 30.4. The van der Waals surface area contributed by atoms with Gasteiger partial charge in [-0.25, -0.2) is 9.59 Å². The fourth-order valence-electron chi connectivity index (χ4n) is 16.9. The Hall–Kier alpha value is -6.54. The van der Waals surface area contributed by atoms with Crippen molar-refractivity contribution in [3.8, 4) is 5.75 Å². The summed E-state index contributed by atoms with van der Waals surface area (Å²) in [5.74, 6) is -3.24. The minimum absolute atomic E-state index is 0. The fraction of sp³-hybridized carbons (Fsp3) is 0.538. The van der Waals surface area contributed by atoms with E-state index in [-0.39, 0.29) is 66.2 Å². The molecule has 7 aliphatic rings. The summed E-state index contributed by atoms with van der Waals surface area (Å²) >= 11 is 0. The highest BCUT2D eigenvalue weighted by molar-refractivity contribution is 5.95. The number of aromatic nitrogens is 1. The van der Waals surface area contributed by atoms with Crippen LogP contribution in [0.15, 0.2) is 90.5 Å². The highest BCUT2D eigenvalue weighted by Gasteiger charge is 2.80. The van der Waals surface area contributed by atoms with E-state index in [0.717, 1.165) is 33.2 Å². The third-order valence-corrected chi connectivity index (χ3v) is 20.4. The van der Waals surface area contributed by atoms with E-state index in [4.69, 9.17) is 23.7 Å². The molecule has 2 bridgehead atoms. The zero-order chi connectivity index (χ0) is 59.0. The monoisotopic (exact) mass is 1220 g/mol. The molecule has 1 aliphatic carbocycles. The first-order valence-electron chi connectivity index (χ1n) is 29.7. The highest BCUT2D eigenvalue weighted by Crippen LogP contribution is 2.68. The van der Waals surface area contributed by atoms with Gasteiger partial charge < -0.3 is 70.4 Å². The molecule has 3 N–H and O–H groups in total. The molecule has 6 aliphatic heterocycles. The fourth-order valence-corrected chi connectivity index (χ4v) is 16.9. The van der Waals surface area contributed by atoms with Crippen LogP contribution < -0.4 is 31.9 Å². The second kappa shape index (κ2) is 23.0. The Morgan fingerprint density at radius 2 is 1.65 bits per heavy atom. The lowest BCUT2D eigenvalue weighted by atomic mass is 9.47. The quantitative estimate of drug-likeness (QED) is 0.0636. The van der Waals surface area contributed by atoms with Gasteiger partial charge in [0.25, 0.3) is 5.91 Å². The largest absolute Gasteiger partial charge is 1.00 e. The summed E-state index contributed by atoms with van der Waals surface area (Å²) in [5.41, 5.74) is 0.317. The minimum Gasteiger partial charge on any atom is -1.00 e. The number of halogens is 1. The van der Waals surface area contributed by atoms with Gasteiger partial charge in [-0.1, -0.05) is 101 Å². The predicted octanol–water partition coefficient (Wildman–Crippen LogP) is 3.54. The number of carbonyl (C=O) groups is 6. The summed E-state index contributed by atoms with van der Waals surface area (Å²) in [6.45, 7) is 12.4. The number of hydrogen-bond donors (Lipinski definition) is 3. The first kappa shape index (κ1) is 60.6. The van der Waals surface area contributed by atoms with Crippen molar-refractivity contribution in [1.82, 2.24) is 20.1 Å². The van der Waals surface area contributed by atoms with Crippen LogP contribution in [0.25, 0.3) is 10.9 Å². The van der Waals surface area contributed by atoms with Crippen molar-refractivity contribution in [2.24, 2.45) is 17.3 Å². The van der Waals surface area contributed by atoms with Gasteiger partial charge in [-0.3, -0.25) is 24.1 Å². The number of rotatable bonds is 16. The van der Waals surface area contributed by atoms with E-state index < -0.39 is 70.0 Å². The number of benzene rings is 3. The molecule has 7 heterocycles. The zero-order valence-electron chi connectivity index (χ0n) is 49.8. The average Bonchev–Trinajstić information content (AvgIpc) is 1.44. The molecule has 18 nitrogen and oxygen atoms in total. The minimum atomic E-state index is -2.37. The van der Waals surface area contributed by atoms with Gasteiger partial charge in [0.05, 0.1) is 33.9 Å². The van der Waals surface area contributed by atoms with Crippen molar-refractivity contribution in [3.05, 3.63) is 118 Å². The maximum atomic E-state index is 15.9. The van der Waals surface area contributed by atoms with Crippen LogP contribution in [0.5, 0.6) is 5.75 Å². The van der Waals surface area contributed by atoms with E-state index in [1.165, 1.54) is 21.1 Å². The molecule has 1 saturated carbocycles. The van der Waals surface area contributed by atoms with E-state index in [1.807, 2.05) is 106 Å². The molecule has 0 radical (unpaired) electrons. The van der Waals surface area contributed by atoms with Crippen molar-refractivity contribution >= 4 is 52.3 Å². The lowest BCUT2D eigenvalue weighted by Gasteiger charge is -2.63. The number of likely N-dealkylation sites (N-methyl/N-ethyl adjacent to an activating group) is 1. The van der Waals surface area contributed by atoms with Gasteiger partial charge in [-0.05, 0) is 79.8 Å². The summed E-state index contributed by atoms with van der Waals surface area (Å²) in [4.78, 5) is 97.1. The maximum Gasteiger partial charge on any atom is 0.344 e. The molecule has 3 aromatic carbocycles. The molecule has 4 aromatic rings. The van der Waals surface area contributed by atoms with Crippen molar-refractivity contribution < 1.29 is 79.0 Å². The average molecular weight is 1220 g/mol. The van der Waals surface area contributed by atoms with Gasteiger partial charge in [0.1, 0.15) is 42.9 Å². The molecule has 19 heteroatoms. The number of ether oxygens (including phenoxy) is 5. The molecule has 1 spiro atoms. The topological polar surface area (TPSA) is 206 Å². The number of aliphatic hydroxyl groups is 1. The number of likely N-dealkylation sites (tertiary alicyclic amines) is 1. The number of methoxy groups -OCH3 is 3. The first-order chi connectivity index (χ1) is 39.8. The van der Waals surface area contributed by atoms with Gasteiger partial charge >= 0.3 is 23.9 Å². The Balaban J connectivity index is 0.00000786. The molecule has 0 unspecified atom stereocenters. The van der Waals surface area contributed by atoms with Crippen LogP contribution in [-0.4, -0.2) is 164 Å². The van der Waals surface area contributed by atoms with Crippen LogP contribution in [0.3, 0.4) is 0 Å². The third kappa shape index (κ3) is 9.27. The van der Waals surface area contributed by atoms with Crippen LogP contribution >= 0.6 is 0 Å². The van der Waals surface area contributed by atoms with E-state index in [1.54, 1.807) is 12.0 Å². The molecular weight excluding hydrogens is 1140 g/mol. The molecule has 1 aromatic heterocycles. The number of fused-ring (bicyclic) bond motifs is 6. The lowest BCUT2D eigenvalue weighted by Crippen LogP contribution is -3.00. The summed E-state index contributed by atoms with van der Waals surface area (Å²) in [7, 11) is 6.08. The van der Waals surface area contributed by atoms with Gasteiger partial charge in [-0.2, -0.15) is 0 Å². The van der Waals surface area contributed by atoms with Gasteiger partial charge in [0, 0.05) is 89.3 Å². The Morgan fingerprint density at radius 1 is 0.917 bits per heavy atom. The second-order valence-corrected chi connectivity index (χ2v) is 24.7. The number of quaternary nitrogens is 1. The Labute approximate surface area is 502 Å². The molecule has 450 valence electrons. The maximum absolute atomic E-state index is 15.9. The number of esters is 4. The summed E-state index contributed by atoms with van der Waals surface area (Å²) in [6, 6.07) is 18.3. The third-order valence-electron chi connectivity index (χ3n) is 20.4. The molecule has 2 amide bonds. The predicted molar refractivity (Wildman–Crippen MR) is 310 cm³/mol. The van der Waals surface area contributed by atoms with Gasteiger partial charge in [0.2, 0.25) is 11.5 Å². The van der Waals surface area contributed by atoms with E-state index in [9.17, 15) is 24.3 Å². The molecule has 84 heavy (non-hydrogen) atoms. The van der Waals surface area contributed by atoms with Crippen LogP contribution in [-0.2, 0) is 71.7 Å². The molecule has 2 saturated heterocycles. The smallest absolute Gasteiger partial charge is 0.344 e. The van der Waals surface area contributed by atoms with Gasteiger partial charge in [0.15, 0.2) is 12.6 Å². The number of anilines is 1.